The first-order valence-corrected chi connectivity index (χ1v) is 7.29. The fourth-order valence-electron chi connectivity index (χ4n) is 1.89. The monoisotopic (exact) mass is 396 g/mol. The van der Waals surface area contributed by atoms with Crippen LogP contribution in [0.5, 0.6) is 0 Å². The summed E-state index contributed by atoms with van der Waals surface area (Å²) in [6.45, 7) is 3.58. The molecule has 108 valence electrons. The van der Waals surface area contributed by atoms with E-state index in [4.69, 9.17) is 0 Å². The summed E-state index contributed by atoms with van der Waals surface area (Å²) in [6, 6.07) is 10.0. The number of carbonyl (C=O) groups is 1. The topological polar surface area (TPSA) is 72.2 Å². The van der Waals surface area contributed by atoms with Gasteiger partial charge in [0, 0.05) is 15.2 Å². The molecule has 0 radical (unpaired) electrons. The zero-order valence-corrected chi connectivity index (χ0v) is 13.7. The van der Waals surface area contributed by atoms with Gasteiger partial charge in [0.25, 0.3) is 11.6 Å². The molecule has 0 aliphatic heterocycles. The smallest absolute Gasteiger partial charge is 0.274 e. The van der Waals surface area contributed by atoms with Crippen molar-refractivity contribution in [3.63, 3.8) is 0 Å². The van der Waals surface area contributed by atoms with E-state index < -0.39 is 4.92 Å². The van der Waals surface area contributed by atoms with Crippen LogP contribution >= 0.6 is 22.6 Å². The first-order valence-electron chi connectivity index (χ1n) is 6.21. The van der Waals surface area contributed by atoms with Gasteiger partial charge < -0.3 is 5.32 Å². The third-order valence-electron chi connectivity index (χ3n) is 3.18. The molecule has 1 N–H and O–H groups in total. The first-order chi connectivity index (χ1) is 9.90. The van der Waals surface area contributed by atoms with Gasteiger partial charge in [0.15, 0.2) is 0 Å². The van der Waals surface area contributed by atoms with Gasteiger partial charge in [-0.1, -0.05) is 12.1 Å². The van der Waals surface area contributed by atoms with Gasteiger partial charge in [-0.15, -0.1) is 0 Å². The summed E-state index contributed by atoms with van der Waals surface area (Å²) in [7, 11) is 0. The van der Waals surface area contributed by atoms with E-state index in [9.17, 15) is 14.9 Å². The number of carbonyl (C=O) groups excluding carboxylic acids is 1. The fraction of sp³-hybridized carbons (Fsp3) is 0.133. The molecule has 0 spiro atoms. The van der Waals surface area contributed by atoms with Gasteiger partial charge in [-0.2, -0.15) is 0 Å². The van der Waals surface area contributed by atoms with Gasteiger partial charge in [-0.25, -0.2) is 0 Å². The van der Waals surface area contributed by atoms with Crippen LogP contribution in [0.3, 0.4) is 0 Å². The second kappa shape index (κ2) is 6.21. The predicted molar refractivity (Wildman–Crippen MR) is 89.7 cm³/mol. The summed E-state index contributed by atoms with van der Waals surface area (Å²) in [5.74, 6) is -0.281. The number of rotatable bonds is 3. The lowest BCUT2D eigenvalue weighted by molar-refractivity contribution is -0.385. The quantitative estimate of drug-likeness (QED) is 0.483. The zero-order valence-electron chi connectivity index (χ0n) is 11.5. The van der Waals surface area contributed by atoms with Crippen molar-refractivity contribution in [3.05, 3.63) is 66.8 Å². The highest BCUT2D eigenvalue weighted by atomic mass is 127. The molecular weight excluding hydrogens is 383 g/mol. The van der Waals surface area contributed by atoms with Crippen LogP contribution in [-0.4, -0.2) is 10.8 Å². The Bertz CT molecular complexity index is 729. The number of nitro benzene ring substituents is 1. The number of nitro groups is 1. The largest absolute Gasteiger partial charge is 0.321 e. The lowest BCUT2D eigenvalue weighted by Crippen LogP contribution is -2.13. The van der Waals surface area contributed by atoms with Gasteiger partial charge in [0.1, 0.15) is 0 Å². The maximum absolute atomic E-state index is 12.2. The minimum absolute atomic E-state index is 0.00807. The van der Waals surface area contributed by atoms with E-state index in [1.807, 2.05) is 13.0 Å². The van der Waals surface area contributed by atoms with Crippen molar-refractivity contribution < 1.29 is 9.72 Å². The number of halogens is 1. The average molecular weight is 396 g/mol. The van der Waals surface area contributed by atoms with E-state index in [1.165, 1.54) is 6.07 Å². The molecule has 0 aliphatic rings. The Labute approximate surface area is 135 Å². The predicted octanol–water partition coefficient (Wildman–Crippen LogP) is 4.07. The number of hydrogen-bond donors (Lipinski definition) is 1. The Hall–Kier alpha value is -1.96. The fourth-order valence-corrected chi connectivity index (χ4v) is 2.40. The summed E-state index contributed by atoms with van der Waals surface area (Å²) < 4.78 is 0.996. The maximum Gasteiger partial charge on any atom is 0.274 e. The summed E-state index contributed by atoms with van der Waals surface area (Å²) in [5, 5.41) is 13.6. The Morgan fingerprint density at radius 1 is 1.24 bits per heavy atom. The summed E-state index contributed by atoms with van der Waals surface area (Å²) in [4.78, 5) is 22.7. The van der Waals surface area contributed by atoms with Gasteiger partial charge >= 0.3 is 0 Å². The molecule has 0 unspecified atom stereocenters. The number of nitrogens with zero attached hydrogens (tertiary/aromatic N) is 1. The van der Waals surface area contributed by atoms with Gasteiger partial charge in [-0.05, 0) is 60.2 Å². The SMILES string of the molecule is Cc1ccc(C(=O)Nc2cccc([N+](=O)[O-])c2C)cc1I. The number of amides is 1. The Kier molecular flexibility index (Phi) is 4.56. The lowest BCUT2D eigenvalue weighted by Gasteiger charge is -2.09. The molecule has 6 heteroatoms. The van der Waals surface area contributed by atoms with Crippen LogP contribution in [0, 0.1) is 27.5 Å². The van der Waals surface area contributed by atoms with Crippen molar-refractivity contribution in [2.24, 2.45) is 0 Å². The highest BCUT2D eigenvalue weighted by molar-refractivity contribution is 14.1. The van der Waals surface area contributed by atoms with E-state index in [-0.39, 0.29) is 11.6 Å². The molecule has 2 aromatic rings. The lowest BCUT2D eigenvalue weighted by atomic mass is 10.1. The van der Waals surface area contributed by atoms with E-state index in [0.717, 1.165) is 9.13 Å². The molecule has 0 saturated heterocycles. The first kappa shape index (κ1) is 15.4. The van der Waals surface area contributed by atoms with E-state index in [2.05, 4.69) is 27.9 Å². The van der Waals surface area contributed by atoms with E-state index in [0.29, 0.717) is 16.8 Å². The molecule has 5 nitrogen and oxygen atoms in total. The van der Waals surface area contributed by atoms with E-state index in [1.54, 1.807) is 31.2 Å². The van der Waals surface area contributed by atoms with Crippen LogP contribution in [0.15, 0.2) is 36.4 Å². The minimum Gasteiger partial charge on any atom is -0.321 e. The average Bonchev–Trinajstić information content (AvgIpc) is 2.43. The third kappa shape index (κ3) is 3.38. The Morgan fingerprint density at radius 3 is 2.57 bits per heavy atom. The molecule has 2 aromatic carbocycles. The second-order valence-corrected chi connectivity index (χ2v) is 5.79. The zero-order chi connectivity index (χ0) is 15.6. The van der Waals surface area contributed by atoms with E-state index >= 15 is 0 Å². The molecular formula is C15H13IN2O3. The molecule has 0 atom stereocenters. The van der Waals surface area contributed by atoms with Crippen molar-refractivity contribution in [3.8, 4) is 0 Å². The van der Waals surface area contributed by atoms with Crippen molar-refractivity contribution in [2.75, 3.05) is 5.32 Å². The van der Waals surface area contributed by atoms with Crippen molar-refractivity contribution in [1.82, 2.24) is 0 Å². The normalized spacial score (nSPS) is 10.2. The second-order valence-electron chi connectivity index (χ2n) is 4.62. The van der Waals surface area contributed by atoms with Crippen LogP contribution in [0.2, 0.25) is 0 Å². The highest BCUT2D eigenvalue weighted by Crippen LogP contribution is 2.25. The Morgan fingerprint density at radius 2 is 1.95 bits per heavy atom. The number of anilines is 1. The molecule has 1 amide bonds. The highest BCUT2D eigenvalue weighted by Gasteiger charge is 2.15. The van der Waals surface area contributed by atoms with Crippen LogP contribution < -0.4 is 5.32 Å². The molecule has 0 aromatic heterocycles. The van der Waals surface area contributed by atoms with Crippen LogP contribution in [0.1, 0.15) is 21.5 Å². The van der Waals surface area contributed by atoms with Crippen molar-refractivity contribution in [1.29, 1.82) is 0 Å². The van der Waals surface area contributed by atoms with Crippen molar-refractivity contribution in [2.45, 2.75) is 13.8 Å². The Balaban J connectivity index is 2.29. The number of benzene rings is 2. The summed E-state index contributed by atoms with van der Waals surface area (Å²) in [5.41, 5.74) is 2.50. The van der Waals surface area contributed by atoms with Crippen molar-refractivity contribution >= 4 is 39.9 Å². The molecule has 21 heavy (non-hydrogen) atoms. The maximum atomic E-state index is 12.2. The van der Waals surface area contributed by atoms with Crippen LogP contribution in [0.4, 0.5) is 11.4 Å². The minimum atomic E-state index is -0.459. The molecule has 0 saturated carbocycles. The van der Waals surface area contributed by atoms with Gasteiger partial charge in [-0.3, -0.25) is 14.9 Å². The summed E-state index contributed by atoms with van der Waals surface area (Å²) >= 11 is 2.17. The van der Waals surface area contributed by atoms with Gasteiger partial charge in [0.05, 0.1) is 16.2 Å². The van der Waals surface area contributed by atoms with Crippen LogP contribution in [0.25, 0.3) is 0 Å². The molecule has 0 aliphatic carbocycles. The number of nitrogens with one attached hydrogen (secondary N) is 1. The third-order valence-corrected chi connectivity index (χ3v) is 4.35. The molecule has 0 bridgehead atoms. The summed E-state index contributed by atoms with van der Waals surface area (Å²) in [6.07, 6.45) is 0. The number of aryl methyl sites for hydroxylation is 1. The standard InChI is InChI=1S/C15H13IN2O3/c1-9-6-7-11(8-12(9)16)15(19)17-13-4-3-5-14(10(13)2)18(20)21/h3-8H,1-2H3,(H,17,19). The number of hydrogen-bond acceptors (Lipinski definition) is 3. The molecule has 0 heterocycles. The van der Waals surface area contributed by atoms with Gasteiger partial charge in [0.2, 0.25) is 0 Å². The van der Waals surface area contributed by atoms with Crippen LogP contribution in [-0.2, 0) is 0 Å². The molecule has 2 rings (SSSR count). The molecule has 0 fully saturated rings.